The number of amides is 1. The Morgan fingerprint density at radius 2 is 1.27 bits per heavy atom. The highest BCUT2D eigenvalue weighted by Crippen LogP contribution is 2.43. The SMILES string of the molecule is CCCCOC(=O)NCCNCc1ccc(-c2ccccc2-c2nnnn2C(c2ccccc2)(c2ccccc2)c2ccccc2)cc1. The molecule has 0 aliphatic heterocycles. The van der Waals surface area contributed by atoms with Gasteiger partial charge in [0.1, 0.15) is 5.54 Å². The molecule has 0 radical (unpaired) electrons. The van der Waals surface area contributed by atoms with Gasteiger partial charge in [0.2, 0.25) is 0 Å². The van der Waals surface area contributed by atoms with Gasteiger partial charge in [-0.25, -0.2) is 9.48 Å². The Kier molecular flexibility index (Phi) is 10.6. The number of tetrazole rings is 1. The quantitative estimate of drug-likeness (QED) is 0.0952. The van der Waals surface area contributed by atoms with Crippen molar-refractivity contribution < 1.29 is 9.53 Å². The minimum atomic E-state index is -0.841. The van der Waals surface area contributed by atoms with Crippen LogP contribution in [0.2, 0.25) is 0 Å². The van der Waals surface area contributed by atoms with Gasteiger partial charge in [-0.3, -0.25) is 0 Å². The fraction of sp³-hybridized carbons (Fsp3) is 0.200. The number of aromatic nitrogens is 4. The van der Waals surface area contributed by atoms with E-state index in [0.717, 1.165) is 51.8 Å². The van der Waals surface area contributed by atoms with Crippen molar-refractivity contribution in [1.29, 1.82) is 0 Å². The molecule has 8 heteroatoms. The largest absolute Gasteiger partial charge is 0.450 e. The summed E-state index contributed by atoms with van der Waals surface area (Å²) in [5.74, 6) is 0.661. The molecule has 1 amide bonds. The minimum absolute atomic E-state index is 0.368. The second kappa shape index (κ2) is 15.8. The molecule has 242 valence electrons. The highest BCUT2D eigenvalue weighted by molar-refractivity contribution is 5.81. The first-order valence-electron chi connectivity index (χ1n) is 16.5. The first-order chi connectivity index (χ1) is 23.7. The molecule has 0 spiro atoms. The molecule has 1 heterocycles. The van der Waals surface area contributed by atoms with Crippen molar-refractivity contribution in [3.8, 4) is 22.5 Å². The van der Waals surface area contributed by atoms with Crippen LogP contribution in [-0.4, -0.2) is 46.0 Å². The number of hydrogen-bond acceptors (Lipinski definition) is 6. The van der Waals surface area contributed by atoms with Gasteiger partial charge in [-0.05, 0) is 50.2 Å². The van der Waals surface area contributed by atoms with E-state index in [0.29, 0.717) is 32.1 Å². The first-order valence-corrected chi connectivity index (χ1v) is 16.5. The Bertz CT molecular complexity index is 1780. The molecular weight excluding hydrogens is 596 g/mol. The Balaban J connectivity index is 1.30. The van der Waals surface area contributed by atoms with Gasteiger partial charge in [-0.1, -0.05) is 153 Å². The number of rotatable bonds is 14. The van der Waals surface area contributed by atoms with Crippen LogP contribution in [-0.2, 0) is 16.8 Å². The lowest BCUT2D eigenvalue weighted by atomic mass is 9.77. The van der Waals surface area contributed by atoms with Crippen LogP contribution in [0.4, 0.5) is 4.79 Å². The lowest BCUT2D eigenvalue weighted by Gasteiger charge is -2.36. The number of ether oxygens (including phenoxy) is 1. The van der Waals surface area contributed by atoms with Crippen LogP contribution in [0.3, 0.4) is 0 Å². The van der Waals surface area contributed by atoms with Gasteiger partial charge in [0, 0.05) is 25.2 Å². The third-order valence-electron chi connectivity index (χ3n) is 8.43. The lowest BCUT2D eigenvalue weighted by Crippen LogP contribution is -2.39. The van der Waals surface area contributed by atoms with Gasteiger partial charge in [0.15, 0.2) is 5.82 Å². The van der Waals surface area contributed by atoms with Crippen LogP contribution >= 0.6 is 0 Å². The average Bonchev–Trinajstić information content (AvgIpc) is 3.64. The van der Waals surface area contributed by atoms with Gasteiger partial charge in [0.05, 0.1) is 6.61 Å². The number of alkyl carbamates (subject to hydrolysis) is 1. The number of benzene rings is 5. The van der Waals surface area contributed by atoms with E-state index in [2.05, 4.69) is 137 Å². The zero-order valence-electron chi connectivity index (χ0n) is 27.1. The maximum atomic E-state index is 11.8. The highest BCUT2D eigenvalue weighted by atomic mass is 16.5. The lowest BCUT2D eigenvalue weighted by molar-refractivity contribution is 0.144. The molecule has 2 N–H and O–H groups in total. The van der Waals surface area contributed by atoms with E-state index in [1.54, 1.807) is 0 Å². The van der Waals surface area contributed by atoms with Gasteiger partial charge in [0.25, 0.3) is 0 Å². The summed E-state index contributed by atoms with van der Waals surface area (Å²) in [5.41, 5.74) is 6.47. The smallest absolute Gasteiger partial charge is 0.407 e. The summed E-state index contributed by atoms with van der Waals surface area (Å²) in [5, 5.41) is 19.9. The molecule has 0 unspecified atom stereocenters. The van der Waals surface area contributed by atoms with Crippen molar-refractivity contribution in [2.75, 3.05) is 19.7 Å². The molecule has 5 aromatic carbocycles. The summed E-state index contributed by atoms with van der Waals surface area (Å²) >= 11 is 0. The van der Waals surface area contributed by atoms with Gasteiger partial charge < -0.3 is 15.4 Å². The molecule has 6 aromatic rings. The van der Waals surface area contributed by atoms with Gasteiger partial charge in [-0.15, -0.1) is 5.10 Å². The number of unbranched alkanes of at least 4 members (excludes halogenated alkanes) is 1. The molecule has 48 heavy (non-hydrogen) atoms. The van der Waals surface area contributed by atoms with E-state index < -0.39 is 5.54 Å². The number of nitrogens with one attached hydrogen (secondary N) is 2. The molecule has 0 saturated heterocycles. The Morgan fingerprint density at radius 1 is 0.708 bits per heavy atom. The molecule has 6 rings (SSSR count). The van der Waals surface area contributed by atoms with Crippen LogP contribution in [0.5, 0.6) is 0 Å². The number of nitrogens with zero attached hydrogens (tertiary/aromatic N) is 4. The molecule has 0 aliphatic rings. The second-order valence-corrected chi connectivity index (χ2v) is 11.6. The topological polar surface area (TPSA) is 94.0 Å². The van der Waals surface area contributed by atoms with Crippen molar-refractivity contribution in [3.05, 3.63) is 162 Å². The average molecular weight is 637 g/mol. The fourth-order valence-corrected chi connectivity index (χ4v) is 6.06. The minimum Gasteiger partial charge on any atom is -0.450 e. The van der Waals surface area contributed by atoms with Crippen LogP contribution < -0.4 is 10.6 Å². The summed E-state index contributed by atoms with van der Waals surface area (Å²) in [6.45, 7) is 4.34. The Hall–Kier alpha value is -5.60. The first kappa shape index (κ1) is 32.3. The van der Waals surface area contributed by atoms with Crippen LogP contribution in [0, 0.1) is 0 Å². The van der Waals surface area contributed by atoms with Gasteiger partial charge >= 0.3 is 6.09 Å². The van der Waals surface area contributed by atoms with Crippen molar-refractivity contribution in [3.63, 3.8) is 0 Å². The fourth-order valence-electron chi connectivity index (χ4n) is 6.06. The van der Waals surface area contributed by atoms with E-state index in [1.807, 2.05) is 35.0 Å². The summed E-state index contributed by atoms with van der Waals surface area (Å²) < 4.78 is 7.11. The zero-order valence-corrected chi connectivity index (χ0v) is 27.1. The van der Waals surface area contributed by atoms with E-state index in [4.69, 9.17) is 9.95 Å². The van der Waals surface area contributed by atoms with E-state index in [-0.39, 0.29) is 6.09 Å². The second-order valence-electron chi connectivity index (χ2n) is 11.6. The molecule has 0 bridgehead atoms. The predicted molar refractivity (Wildman–Crippen MR) is 189 cm³/mol. The number of hydrogen-bond donors (Lipinski definition) is 2. The van der Waals surface area contributed by atoms with E-state index in [9.17, 15) is 4.79 Å². The van der Waals surface area contributed by atoms with Gasteiger partial charge in [-0.2, -0.15) is 0 Å². The normalized spacial score (nSPS) is 11.3. The van der Waals surface area contributed by atoms with Crippen molar-refractivity contribution >= 4 is 6.09 Å². The maximum absolute atomic E-state index is 11.8. The molecule has 0 saturated carbocycles. The van der Waals surface area contributed by atoms with Crippen molar-refractivity contribution in [2.24, 2.45) is 0 Å². The molecule has 0 aliphatic carbocycles. The molecule has 0 fully saturated rings. The monoisotopic (exact) mass is 636 g/mol. The number of carbonyl (C=O) groups excluding carboxylic acids is 1. The highest BCUT2D eigenvalue weighted by Gasteiger charge is 2.42. The predicted octanol–water partition coefficient (Wildman–Crippen LogP) is 7.46. The molecular formula is C40H40N6O2. The van der Waals surface area contributed by atoms with Crippen LogP contribution in [0.25, 0.3) is 22.5 Å². The Labute approximate surface area is 281 Å². The zero-order chi connectivity index (χ0) is 33.0. The summed E-state index contributed by atoms with van der Waals surface area (Å²) in [6, 6.07) is 48.0. The molecule has 0 atom stereocenters. The van der Waals surface area contributed by atoms with Crippen molar-refractivity contribution in [1.82, 2.24) is 30.8 Å². The third-order valence-corrected chi connectivity index (χ3v) is 8.43. The van der Waals surface area contributed by atoms with E-state index in [1.165, 1.54) is 0 Å². The molecule has 1 aromatic heterocycles. The molecule has 8 nitrogen and oxygen atoms in total. The van der Waals surface area contributed by atoms with E-state index >= 15 is 0 Å². The van der Waals surface area contributed by atoms with Crippen molar-refractivity contribution in [2.45, 2.75) is 31.8 Å². The Morgan fingerprint density at radius 3 is 1.85 bits per heavy atom. The third kappa shape index (κ3) is 7.04. The summed E-state index contributed by atoms with van der Waals surface area (Å²) in [4.78, 5) is 11.8. The summed E-state index contributed by atoms with van der Waals surface area (Å²) in [6.07, 6.45) is 1.50. The standard InChI is InChI=1S/C40H40N6O2/c1-2-3-29-48-39(47)42-28-27-41-30-31-23-25-32(26-24-31)36-21-13-14-22-37(36)38-43-44-45-46(38)40(33-15-7-4-8-16-33,34-17-9-5-10-18-34)35-19-11-6-12-20-35/h4-26,41H,2-3,27-30H2,1H3,(H,42,47). The van der Waals surface area contributed by atoms with Crippen LogP contribution in [0.1, 0.15) is 42.0 Å². The number of carbonyl (C=O) groups is 1. The van der Waals surface area contributed by atoms with Crippen LogP contribution in [0.15, 0.2) is 140 Å². The maximum Gasteiger partial charge on any atom is 0.407 e. The summed E-state index contributed by atoms with van der Waals surface area (Å²) in [7, 11) is 0.